The van der Waals surface area contributed by atoms with Crippen LogP contribution < -0.4 is 14.8 Å². The highest BCUT2D eigenvalue weighted by molar-refractivity contribution is 5.98. The molecule has 2 aromatic rings. The number of ether oxygens (including phenoxy) is 2. The Hall–Kier alpha value is -3.42. The van der Waals surface area contributed by atoms with Gasteiger partial charge in [0.25, 0.3) is 0 Å². The molecule has 0 aliphatic rings. The number of likely N-dealkylation sites (N-methyl/N-ethyl adjacent to an activating group) is 1. The second-order valence-corrected chi connectivity index (χ2v) is 6.94. The molecule has 0 bridgehead atoms. The number of carbonyl (C=O) groups excluding carboxylic acids is 2. The minimum Gasteiger partial charge on any atom is -0.493 e. The lowest BCUT2D eigenvalue weighted by atomic mass is 10.2. The number of halogens is 2. The Bertz CT molecular complexity index is 943. The molecule has 0 aromatic heterocycles. The number of amides is 2. The summed E-state index contributed by atoms with van der Waals surface area (Å²) in [5, 5.41) is 2.18. The van der Waals surface area contributed by atoms with E-state index >= 15 is 0 Å². The molecule has 2 aromatic carbocycles. The summed E-state index contributed by atoms with van der Waals surface area (Å²) >= 11 is 0. The van der Waals surface area contributed by atoms with E-state index in [2.05, 4.69) is 12.2 Å². The number of nitrogens with one attached hydrogen (secondary N) is 1. The van der Waals surface area contributed by atoms with Gasteiger partial charge in [-0.3, -0.25) is 9.59 Å². The number of rotatable bonds is 11. The SMILES string of the molecule is CCCCOc1ccc(/C=C/C(=O)N(CC)CC(=O)Nc2c(F)cccc2F)cc1OC. The number of anilines is 1. The van der Waals surface area contributed by atoms with Crippen LogP contribution in [0.3, 0.4) is 0 Å². The number of unbranched alkanes of at least 4 members (excludes halogenated alkanes) is 1. The predicted molar refractivity (Wildman–Crippen MR) is 120 cm³/mol. The molecule has 172 valence electrons. The quantitative estimate of drug-likeness (QED) is 0.403. The Morgan fingerprint density at radius 1 is 1.09 bits per heavy atom. The first-order valence-electron chi connectivity index (χ1n) is 10.4. The molecule has 0 saturated heterocycles. The van der Waals surface area contributed by atoms with Crippen molar-refractivity contribution >= 4 is 23.6 Å². The molecule has 0 heterocycles. The van der Waals surface area contributed by atoms with Crippen LogP contribution in [0.25, 0.3) is 6.08 Å². The van der Waals surface area contributed by atoms with Gasteiger partial charge >= 0.3 is 0 Å². The van der Waals surface area contributed by atoms with Gasteiger partial charge in [-0.05, 0) is 49.2 Å². The van der Waals surface area contributed by atoms with Crippen LogP contribution in [0.5, 0.6) is 11.5 Å². The number of para-hydroxylation sites is 1. The zero-order chi connectivity index (χ0) is 23.5. The van der Waals surface area contributed by atoms with E-state index in [1.54, 1.807) is 31.2 Å². The molecule has 6 nitrogen and oxygen atoms in total. The van der Waals surface area contributed by atoms with Crippen LogP contribution in [0.2, 0.25) is 0 Å². The molecule has 0 spiro atoms. The lowest BCUT2D eigenvalue weighted by Crippen LogP contribution is -2.37. The van der Waals surface area contributed by atoms with E-state index < -0.39 is 29.1 Å². The van der Waals surface area contributed by atoms with E-state index in [0.717, 1.165) is 25.0 Å². The van der Waals surface area contributed by atoms with E-state index in [1.165, 1.54) is 24.2 Å². The van der Waals surface area contributed by atoms with Gasteiger partial charge < -0.3 is 19.7 Å². The molecule has 0 aliphatic carbocycles. The number of hydrogen-bond acceptors (Lipinski definition) is 4. The van der Waals surface area contributed by atoms with Gasteiger partial charge in [-0.15, -0.1) is 0 Å². The van der Waals surface area contributed by atoms with Crippen molar-refractivity contribution in [2.75, 3.05) is 32.1 Å². The van der Waals surface area contributed by atoms with Gasteiger partial charge in [0.05, 0.1) is 13.7 Å². The average Bonchev–Trinajstić information content (AvgIpc) is 2.79. The van der Waals surface area contributed by atoms with Crippen LogP contribution in [0.1, 0.15) is 32.3 Å². The zero-order valence-electron chi connectivity index (χ0n) is 18.5. The van der Waals surface area contributed by atoms with Gasteiger partial charge in [-0.25, -0.2) is 8.78 Å². The van der Waals surface area contributed by atoms with Crippen molar-refractivity contribution in [3.05, 3.63) is 59.7 Å². The highest BCUT2D eigenvalue weighted by Gasteiger charge is 2.17. The summed E-state index contributed by atoms with van der Waals surface area (Å²) in [5.74, 6) is -1.72. The molecular formula is C24H28F2N2O4. The van der Waals surface area contributed by atoms with Gasteiger partial charge in [0.1, 0.15) is 23.9 Å². The van der Waals surface area contributed by atoms with Crippen LogP contribution in [0, 0.1) is 11.6 Å². The zero-order valence-corrected chi connectivity index (χ0v) is 18.5. The van der Waals surface area contributed by atoms with Gasteiger partial charge in [0.15, 0.2) is 11.5 Å². The van der Waals surface area contributed by atoms with E-state index in [1.807, 2.05) is 0 Å². The molecule has 0 aliphatic heterocycles. The van der Waals surface area contributed by atoms with Crippen LogP contribution >= 0.6 is 0 Å². The van der Waals surface area contributed by atoms with Crippen LogP contribution in [-0.4, -0.2) is 43.5 Å². The molecule has 0 saturated carbocycles. The third kappa shape index (κ3) is 7.08. The Kier molecular flexibility index (Phi) is 9.66. The molecule has 0 fully saturated rings. The number of methoxy groups -OCH3 is 1. The highest BCUT2D eigenvalue weighted by Crippen LogP contribution is 2.28. The van der Waals surface area contributed by atoms with E-state index in [0.29, 0.717) is 23.7 Å². The van der Waals surface area contributed by atoms with E-state index in [-0.39, 0.29) is 13.1 Å². The van der Waals surface area contributed by atoms with Crippen molar-refractivity contribution in [2.24, 2.45) is 0 Å². The van der Waals surface area contributed by atoms with Crippen molar-refractivity contribution in [1.82, 2.24) is 4.90 Å². The standard InChI is InChI=1S/C24H28F2N2O4/c1-4-6-14-32-20-12-10-17(15-21(20)31-3)11-13-23(30)28(5-2)16-22(29)27-24-18(25)8-7-9-19(24)26/h7-13,15H,4-6,14,16H2,1-3H3,(H,27,29)/b13-11+. The summed E-state index contributed by atoms with van der Waals surface area (Å²) in [6.07, 6.45) is 4.88. The predicted octanol–water partition coefficient (Wildman–Crippen LogP) is 4.65. The molecule has 0 atom stereocenters. The van der Waals surface area contributed by atoms with Gasteiger partial charge in [-0.2, -0.15) is 0 Å². The highest BCUT2D eigenvalue weighted by atomic mass is 19.1. The Morgan fingerprint density at radius 2 is 1.81 bits per heavy atom. The van der Waals surface area contributed by atoms with Crippen molar-refractivity contribution in [3.8, 4) is 11.5 Å². The van der Waals surface area contributed by atoms with Crippen LogP contribution in [-0.2, 0) is 9.59 Å². The third-order valence-electron chi connectivity index (χ3n) is 4.62. The fraction of sp³-hybridized carbons (Fsp3) is 0.333. The molecular weight excluding hydrogens is 418 g/mol. The Labute approximate surface area is 186 Å². The summed E-state index contributed by atoms with van der Waals surface area (Å²) in [6, 6.07) is 8.59. The Morgan fingerprint density at radius 3 is 2.44 bits per heavy atom. The first-order valence-corrected chi connectivity index (χ1v) is 10.4. The molecule has 0 unspecified atom stereocenters. The lowest BCUT2D eigenvalue weighted by molar-refractivity contribution is -0.130. The number of nitrogens with zero attached hydrogens (tertiary/aromatic N) is 1. The van der Waals surface area contributed by atoms with E-state index in [9.17, 15) is 18.4 Å². The molecule has 0 radical (unpaired) electrons. The summed E-state index contributed by atoms with van der Waals surface area (Å²) in [5.41, 5.74) is 0.178. The molecule has 8 heteroatoms. The van der Waals surface area contributed by atoms with Gasteiger partial charge in [-0.1, -0.05) is 25.5 Å². The maximum atomic E-state index is 13.7. The minimum atomic E-state index is -0.885. The minimum absolute atomic E-state index is 0.240. The van der Waals surface area contributed by atoms with Gasteiger partial charge in [0, 0.05) is 12.6 Å². The van der Waals surface area contributed by atoms with Gasteiger partial charge in [0.2, 0.25) is 11.8 Å². The van der Waals surface area contributed by atoms with Crippen molar-refractivity contribution < 1.29 is 27.8 Å². The van der Waals surface area contributed by atoms with Crippen molar-refractivity contribution in [3.63, 3.8) is 0 Å². The normalized spacial score (nSPS) is 10.8. The molecule has 1 N–H and O–H groups in total. The topological polar surface area (TPSA) is 67.9 Å². The van der Waals surface area contributed by atoms with Crippen molar-refractivity contribution in [2.45, 2.75) is 26.7 Å². The maximum Gasteiger partial charge on any atom is 0.247 e. The second-order valence-electron chi connectivity index (χ2n) is 6.94. The van der Waals surface area contributed by atoms with E-state index in [4.69, 9.17) is 9.47 Å². The third-order valence-corrected chi connectivity index (χ3v) is 4.62. The first kappa shape index (κ1) is 24.8. The average molecular weight is 446 g/mol. The number of benzene rings is 2. The van der Waals surface area contributed by atoms with Crippen molar-refractivity contribution in [1.29, 1.82) is 0 Å². The fourth-order valence-corrected chi connectivity index (χ4v) is 2.82. The summed E-state index contributed by atoms with van der Waals surface area (Å²) < 4.78 is 38.5. The molecule has 2 amide bonds. The summed E-state index contributed by atoms with van der Waals surface area (Å²) in [6.45, 7) is 4.26. The van der Waals surface area contributed by atoms with Crippen LogP contribution in [0.4, 0.5) is 14.5 Å². The van der Waals surface area contributed by atoms with Crippen LogP contribution in [0.15, 0.2) is 42.5 Å². The summed E-state index contributed by atoms with van der Waals surface area (Å²) in [7, 11) is 1.54. The smallest absolute Gasteiger partial charge is 0.247 e. The molecule has 2 rings (SSSR count). The second kappa shape index (κ2) is 12.4. The monoisotopic (exact) mass is 446 g/mol. The fourth-order valence-electron chi connectivity index (χ4n) is 2.82. The maximum absolute atomic E-state index is 13.7. The molecule has 32 heavy (non-hydrogen) atoms. The first-order chi connectivity index (χ1) is 15.4. The Balaban J connectivity index is 2.02. The summed E-state index contributed by atoms with van der Waals surface area (Å²) in [4.78, 5) is 26.0. The lowest BCUT2D eigenvalue weighted by Gasteiger charge is -2.19. The number of carbonyl (C=O) groups is 2. The number of hydrogen-bond donors (Lipinski definition) is 1. The largest absolute Gasteiger partial charge is 0.493 e.